The lowest BCUT2D eigenvalue weighted by Crippen LogP contribution is -1.94. The van der Waals surface area contributed by atoms with Gasteiger partial charge in [0.1, 0.15) is 16.2 Å². The Hall–Kier alpha value is -1.20. The Morgan fingerprint density at radius 3 is 2.69 bits per heavy atom. The number of hydrogen-bond donors (Lipinski definition) is 1. The van der Waals surface area contributed by atoms with Gasteiger partial charge in [-0.3, -0.25) is 0 Å². The van der Waals surface area contributed by atoms with Crippen molar-refractivity contribution >= 4 is 15.9 Å². The summed E-state index contributed by atoms with van der Waals surface area (Å²) in [6.07, 6.45) is 0. The Balaban J connectivity index is 2.61. The van der Waals surface area contributed by atoms with Gasteiger partial charge in [0, 0.05) is 7.05 Å². The van der Waals surface area contributed by atoms with Crippen LogP contribution in [0.15, 0.2) is 28.9 Å². The molecule has 0 bridgehead atoms. The van der Waals surface area contributed by atoms with Gasteiger partial charge < -0.3 is 9.67 Å². The zero-order valence-corrected chi connectivity index (χ0v) is 10.2. The normalized spacial score (nSPS) is 10.8. The predicted octanol–water partition coefficient (Wildman–Crippen LogP) is 2.48. The Morgan fingerprint density at radius 1 is 1.44 bits per heavy atom. The largest absolute Gasteiger partial charge is 0.390 e. The van der Waals surface area contributed by atoms with Gasteiger partial charge in [0.05, 0.1) is 17.9 Å². The summed E-state index contributed by atoms with van der Waals surface area (Å²) in [5, 5.41) is 9.07. The van der Waals surface area contributed by atoms with Crippen molar-refractivity contribution in [1.29, 1.82) is 0 Å². The number of benzene rings is 1. The van der Waals surface area contributed by atoms with Crippen LogP contribution in [0, 0.1) is 5.82 Å². The van der Waals surface area contributed by atoms with E-state index in [0.717, 1.165) is 0 Å². The molecular formula is C11H10BrFN2O. The highest BCUT2D eigenvalue weighted by Gasteiger charge is 2.15. The summed E-state index contributed by atoms with van der Waals surface area (Å²) in [7, 11) is 1.76. The lowest BCUT2D eigenvalue weighted by atomic mass is 10.2. The molecule has 1 aromatic heterocycles. The van der Waals surface area contributed by atoms with Gasteiger partial charge in [-0.25, -0.2) is 9.37 Å². The molecule has 84 valence electrons. The quantitative estimate of drug-likeness (QED) is 0.920. The van der Waals surface area contributed by atoms with Crippen molar-refractivity contribution in [2.24, 2.45) is 7.05 Å². The minimum Gasteiger partial charge on any atom is -0.390 e. The molecule has 1 heterocycles. The number of aliphatic hydroxyl groups is 1. The van der Waals surface area contributed by atoms with Crippen molar-refractivity contribution in [1.82, 2.24) is 9.55 Å². The summed E-state index contributed by atoms with van der Waals surface area (Å²) >= 11 is 3.30. The Morgan fingerprint density at radius 2 is 2.12 bits per heavy atom. The molecule has 0 atom stereocenters. The molecule has 3 nitrogen and oxygen atoms in total. The van der Waals surface area contributed by atoms with E-state index in [-0.39, 0.29) is 12.4 Å². The fourth-order valence-corrected chi connectivity index (χ4v) is 1.90. The monoisotopic (exact) mass is 284 g/mol. The number of halogens is 2. The van der Waals surface area contributed by atoms with Gasteiger partial charge in [-0.1, -0.05) is 12.1 Å². The highest BCUT2D eigenvalue weighted by Crippen LogP contribution is 2.26. The van der Waals surface area contributed by atoms with Crippen LogP contribution in [-0.4, -0.2) is 14.7 Å². The Labute approximate surface area is 101 Å². The summed E-state index contributed by atoms with van der Waals surface area (Å²) in [5.74, 6) is 0.168. The van der Waals surface area contributed by atoms with Crippen LogP contribution in [0.2, 0.25) is 0 Å². The summed E-state index contributed by atoms with van der Waals surface area (Å²) in [5.41, 5.74) is 0.922. The number of hydrogen-bond acceptors (Lipinski definition) is 2. The van der Waals surface area contributed by atoms with Crippen molar-refractivity contribution in [3.05, 3.63) is 40.4 Å². The summed E-state index contributed by atoms with van der Waals surface area (Å²) < 4.78 is 15.9. The van der Waals surface area contributed by atoms with E-state index in [1.54, 1.807) is 29.8 Å². The molecule has 0 fully saturated rings. The van der Waals surface area contributed by atoms with Crippen LogP contribution in [0.25, 0.3) is 11.4 Å². The maximum atomic E-state index is 13.6. The number of imidazole rings is 1. The minimum absolute atomic E-state index is 0.178. The maximum Gasteiger partial charge on any atom is 0.143 e. The van der Waals surface area contributed by atoms with Crippen molar-refractivity contribution in [2.75, 3.05) is 0 Å². The fraction of sp³-hybridized carbons (Fsp3) is 0.182. The van der Waals surface area contributed by atoms with Crippen LogP contribution in [0.4, 0.5) is 4.39 Å². The van der Waals surface area contributed by atoms with Crippen LogP contribution in [0.3, 0.4) is 0 Å². The third-order valence-corrected chi connectivity index (χ3v) is 3.35. The molecule has 0 spiro atoms. The molecular weight excluding hydrogens is 275 g/mol. The van der Waals surface area contributed by atoms with Crippen LogP contribution < -0.4 is 0 Å². The highest BCUT2D eigenvalue weighted by atomic mass is 79.9. The number of aliphatic hydroxyl groups excluding tert-OH is 1. The van der Waals surface area contributed by atoms with Crippen LogP contribution in [-0.2, 0) is 13.7 Å². The molecule has 1 aromatic carbocycles. The Kier molecular flexibility index (Phi) is 3.07. The smallest absolute Gasteiger partial charge is 0.143 e. The molecule has 5 heteroatoms. The van der Waals surface area contributed by atoms with Crippen LogP contribution in [0.5, 0.6) is 0 Å². The van der Waals surface area contributed by atoms with E-state index < -0.39 is 0 Å². The van der Waals surface area contributed by atoms with E-state index in [2.05, 4.69) is 20.9 Å². The molecule has 2 rings (SSSR count). The van der Waals surface area contributed by atoms with Gasteiger partial charge in [0.25, 0.3) is 0 Å². The fourth-order valence-electron chi connectivity index (χ4n) is 1.52. The van der Waals surface area contributed by atoms with E-state index in [1.165, 1.54) is 6.07 Å². The third kappa shape index (κ3) is 1.76. The third-order valence-electron chi connectivity index (χ3n) is 2.36. The van der Waals surface area contributed by atoms with Gasteiger partial charge >= 0.3 is 0 Å². The molecule has 1 N–H and O–H groups in total. The van der Waals surface area contributed by atoms with Gasteiger partial charge in [0.2, 0.25) is 0 Å². The Bertz CT molecular complexity index is 525. The van der Waals surface area contributed by atoms with Crippen LogP contribution in [0.1, 0.15) is 5.69 Å². The second-order valence-corrected chi connectivity index (χ2v) is 4.12. The predicted molar refractivity (Wildman–Crippen MR) is 62.2 cm³/mol. The molecule has 0 saturated carbocycles. The van der Waals surface area contributed by atoms with Crippen molar-refractivity contribution in [3.63, 3.8) is 0 Å². The first-order valence-electron chi connectivity index (χ1n) is 4.72. The average molecular weight is 285 g/mol. The molecule has 0 amide bonds. The highest BCUT2D eigenvalue weighted by molar-refractivity contribution is 9.10. The van der Waals surface area contributed by atoms with Crippen molar-refractivity contribution < 1.29 is 9.50 Å². The van der Waals surface area contributed by atoms with E-state index in [4.69, 9.17) is 5.11 Å². The van der Waals surface area contributed by atoms with Gasteiger partial charge in [-0.15, -0.1) is 0 Å². The van der Waals surface area contributed by atoms with Gasteiger partial charge in [-0.05, 0) is 28.1 Å². The molecule has 16 heavy (non-hydrogen) atoms. The number of nitrogens with zero attached hydrogens (tertiary/aromatic N) is 2. The average Bonchev–Trinajstić information content (AvgIpc) is 2.57. The first-order chi connectivity index (χ1) is 7.65. The van der Waals surface area contributed by atoms with E-state index in [9.17, 15) is 4.39 Å². The molecule has 0 radical (unpaired) electrons. The van der Waals surface area contributed by atoms with Crippen molar-refractivity contribution in [3.8, 4) is 11.4 Å². The topological polar surface area (TPSA) is 38.0 Å². The summed E-state index contributed by atoms with van der Waals surface area (Å²) in [6, 6.07) is 6.42. The van der Waals surface area contributed by atoms with E-state index >= 15 is 0 Å². The van der Waals surface area contributed by atoms with Gasteiger partial charge in [0.15, 0.2) is 0 Å². The van der Waals surface area contributed by atoms with E-state index in [1.807, 2.05) is 0 Å². The molecule has 0 saturated heterocycles. The number of rotatable bonds is 2. The molecule has 0 aliphatic carbocycles. The first kappa shape index (κ1) is 11.3. The SMILES string of the molecule is Cn1c(-c2ccccc2F)nc(CO)c1Br. The van der Waals surface area contributed by atoms with Crippen molar-refractivity contribution in [2.45, 2.75) is 6.61 Å². The molecule has 2 aromatic rings. The van der Waals surface area contributed by atoms with Crippen LogP contribution >= 0.6 is 15.9 Å². The zero-order valence-electron chi connectivity index (χ0n) is 8.61. The maximum absolute atomic E-state index is 13.6. The standard InChI is InChI=1S/C11H10BrFN2O/c1-15-10(12)9(6-16)14-11(15)7-4-2-3-5-8(7)13/h2-5,16H,6H2,1H3. The summed E-state index contributed by atoms with van der Waals surface area (Å²) in [6.45, 7) is -0.178. The second-order valence-electron chi connectivity index (χ2n) is 3.37. The number of aromatic nitrogens is 2. The first-order valence-corrected chi connectivity index (χ1v) is 5.51. The molecule has 0 unspecified atom stereocenters. The zero-order chi connectivity index (χ0) is 11.7. The lowest BCUT2D eigenvalue weighted by molar-refractivity contribution is 0.276. The molecule has 0 aliphatic heterocycles. The van der Waals surface area contributed by atoms with Gasteiger partial charge in [-0.2, -0.15) is 0 Å². The van der Waals surface area contributed by atoms with E-state index in [0.29, 0.717) is 21.7 Å². The minimum atomic E-state index is -0.326. The second kappa shape index (κ2) is 4.35. The lowest BCUT2D eigenvalue weighted by Gasteiger charge is -2.03. The molecule has 0 aliphatic rings. The summed E-state index contributed by atoms with van der Waals surface area (Å²) in [4.78, 5) is 4.18.